The standard InChI is InChI=1S/C10H11N5O/c1-16-8-9(11)13-6-14-10(8)15-7-2-4-12-5-3-7/h2-6H,1H3,(H3,11,12,13,14,15). The predicted molar refractivity (Wildman–Crippen MR) is 60.5 cm³/mol. The number of anilines is 3. The van der Waals surface area contributed by atoms with Crippen LogP contribution in [0.25, 0.3) is 0 Å². The Bertz CT molecular complexity index is 474. The number of aromatic nitrogens is 3. The zero-order chi connectivity index (χ0) is 11.4. The van der Waals surface area contributed by atoms with E-state index in [-0.39, 0.29) is 0 Å². The lowest BCUT2D eigenvalue weighted by Crippen LogP contribution is -2.02. The highest BCUT2D eigenvalue weighted by Gasteiger charge is 2.09. The van der Waals surface area contributed by atoms with Crippen molar-refractivity contribution in [2.45, 2.75) is 0 Å². The summed E-state index contributed by atoms with van der Waals surface area (Å²) < 4.78 is 5.12. The summed E-state index contributed by atoms with van der Waals surface area (Å²) >= 11 is 0. The van der Waals surface area contributed by atoms with Crippen LogP contribution in [0.5, 0.6) is 5.75 Å². The molecule has 0 fully saturated rings. The third kappa shape index (κ3) is 2.00. The maximum Gasteiger partial charge on any atom is 0.204 e. The first-order chi connectivity index (χ1) is 7.81. The van der Waals surface area contributed by atoms with Gasteiger partial charge in [0.05, 0.1) is 7.11 Å². The summed E-state index contributed by atoms with van der Waals surface area (Å²) in [5.74, 6) is 1.26. The zero-order valence-corrected chi connectivity index (χ0v) is 8.71. The molecule has 0 saturated heterocycles. The van der Waals surface area contributed by atoms with Crippen LogP contribution in [0.3, 0.4) is 0 Å². The van der Waals surface area contributed by atoms with Crippen molar-refractivity contribution in [3.05, 3.63) is 30.9 Å². The molecule has 6 heteroatoms. The molecule has 82 valence electrons. The molecule has 2 aromatic rings. The highest BCUT2D eigenvalue weighted by Crippen LogP contribution is 2.28. The third-order valence-electron chi connectivity index (χ3n) is 1.98. The van der Waals surface area contributed by atoms with E-state index >= 15 is 0 Å². The van der Waals surface area contributed by atoms with Gasteiger partial charge in [0.2, 0.25) is 5.75 Å². The molecule has 0 saturated carbocycles. The number of nitrogens with zero attached hydrogens (tertiary/aromatic N) is 3. The number of hydrogen-bond donors (Lipinski definition) is 2. The first kappa shape index (κ1) is 10.2. The number of hydrogen-bond acceptors (Lipinski definition) is 6. The molecule has 0 aliphatic carbocycles. The van der Waals surface area contributed by atoms with Gasteiger partial charge in [0.15, 0.2) is 11.6 Å². The minimum Gasteiger partial charge on any atom is -0.490 e. The number of rotatable bonds is 3. The minimum absolute atomic E-state index is 0.300. The van der Waals surface area contributed by atoms with E-state index in [1.165, 1.54) is 13.4 Å². The van der Waals surface area contributed by atoms with Gasteiger partial charge in [0, 0.05) is 18.1 Å². The van der Waals surface area contributed by atoms with Gasteiger partial charge in [-0.15, -0.1) is 0 Å². The average Bonchev–Trinajstić information content (AvgIpc) is 2.31. The van der Waals surface area contributed by atoms with Gasteiger partial charge in [0.25, 0.3) is 0 Å². The molecule has 0 unspecified atom stereocenters. The van der Waals surface area contributed by atoms with Crippen molar-refractivity contribution in [3.63, 3.8) is 0 Å². The van der Waals surface area contributed by atoms with Crippen LogP contribution in [-0.2, 0) is 0 Å². The Morgan fingerprint density at radius 3 is 2.69 bits per heavy atom. The highest BCUT2D eigenvalue weighted by molar-refractivity contribution is 5.67. The van der Waals surface area contributed by atoms with Crippen LogP contribution < -0.4 is 15.8 Å². The minimum atomic E-state index is 0.300. The van der Waals surface area contributed by atoms with Crippen LogP contribution in [0.1, 0.15) is 0 Å². The molecule has 2 heterocycles. The van der Waals surface area contributed by atoms with Crippen molar-refractivity contribution in [1.82, 2.24) is 15.0 Å². The van der Waals surface area contributed by atoms with Gasteiger partial charge in [-0.05, 0) is 12.1 Å². The van der Waals surface area contributed by atoms with Gasteiger partial charge >= 0.3 is 0 Å². The molecule has 0 amide bonds. The molecule has 0 aliphatic heterocycles. The van der Waals surface area contributed by atoms with Crippen molar-refractivity contribution in [1.29, 1.82) is 0 Å². The number of ether oxygens (including phenoxy) is 1. The Hall–Kier alpha value is -2.37. The largest absolute Gasteiger partial charge is 0.490 e. The molecule has 0 atom stereocenters. The topological polar surface area (TPSA) is 86.0 Å². The molecular weight excluding hydrogens is 206 g/mol. The summed E-state index contributed by atoms with van der Waals surface area (Å²) in [5.41, 5.74) is 6.51. The number of methoxy groups -OCH3 is 1. The highest BCUT2D eigenvalue weighted by atomic mass is 16.5. The van der Waals surface area contributed by atoms with E-state index in [9.17, 15) is 0 Å². The van der Waals surface area contributed by atoms with Crippen LogP contribution >= 0.6 is 0 Å². The summed E-state index contributed by atoms with van der Waals surface area (Å²) in [5, 5.41) is 3.07. The van der Waals surface area contributed by atoms with Crippen molar-refractivity contribution < 1.29 is 4.74 Å². The van der Waals surface area contributed by atoms with Crippen LogP contribution in [-0.4, -0.2) is 22.1 Å². The third-order valence-corrected chi connectivity index (χ3v) is 1.98. The van der Waals surface area contributed by atoms with Crippen LogP contribution in [0, 0.1) is 0 Å². The van der Waals surface area contributed by atoms with E-state index in [0.717, 1.165) is 5.69 Å². The van der Waals surface area contributed by atoms with Crippen LogP contribution in [0.4, 0.5) is 17.3 Å². The molecule has 6 nitrogen and oxygen atoms in total. The van der Waals surface area contributed by atoms with E-state index < -0.39 is 0 Å². The molecule has 2 rings (SSSR count). The van der Waals surface area contributed by atoms with Crippen molar-refractivity contribution in [2.75, 3.05) is 18.2 Å². The smallest absolute Gasteiger partial charge is 0.204 e. The Labute approximate surface area is 92.5 Å². The second-order valence-corrected chi connectivity index (χ2v) is 3.00. The van der Waals surface area contributed by atoms with Crippen molar-refractivity contribution in [2.24, 2.45) is 0 Å². The second kappa shape index (κ2) is 4.43. The van der Waals surface area contributed by atoms with E-state index in [1.54, 1.807) is 12.4 Å². The van der Waals surface area contributed by atoms with Crippen LogP contribution in [0.2, 0.25) is 0 Å². The maximum atomic E-state index is 5.66. The molecule has 3 N–H and O–H groups in total. The Morgan fingerprint density at radius 2 is 2.00 bits per heavy atom. The van der Waals surface area contributed by atoms with Gasteiger partial charge in [0.1, 0.15) is 6.33 Å². The van der Waals surface area contributed by atoms with Crippen molar-refractivity contribution >= 4 is 17.3 Å². The maximum absolute atomic E-state index is 5.66. The summed E-state index contributed by atoms with van der Waals surface area (Å²) in [6.45, 7) is 0. The quantitative estimate of drug-likeness (QED) is 0.803. The monoisotopic (exact) mass is 217 g/mol. The number of nitrogens with two attached hydrogens (primary N) is 1. The normalized spacial score (nSPS) is 9.81. The number of nitrogen functional groups attached to an aromatic ring is 1. The Morgan fingerprint density at radius 1 is 1.25 bits per heavy atom. The molecule has 2 aromatic heterocycles. The number of pyridine rings is 1. The first-order valence-electron chi connectivity index (χ1n) is 4.63. The SMILES string of the molecule is COc1c(N)ncnc1Nc1ccncc1. The fourth-order valence-electron chi connectivity index (χ4n) is 1.25. The molecule has 0 aliphatic rings. The van der Waals surface area contributed by atoms with Gasteiger partial charge in [-0.2, -0.15) is 0 Å². The van der Waals surface area contributed by atoms with Crippen molar-refractivity contribution in [3.8, 4) is 5.75 Å². The Kier molecular flexibility index (Phi) is 2.81. The summed E-state index contributed by atoms with van der Waals surface area (Å²) in [6, 6.07) is 3.63. The molecule has 16 heavy (non-hydrogen) atoms. The molecule has 0 spiro atoms. The lowest BCUT2D eigenvalue weighted by molar-refractivity contribution is 0.415. The second-order valence-electron chi connectivity index (χ2n) is 3.00. The summed E-state index contributed by atoms with van der Waals surface area (Å²) in [7, 11) is 1.52. The molecule has 0 aromatic carbocycles. The fraction of sp³-hybridized carbons (Fsp3) is 0.100. The predicted octanol–water partition coefficient (Wildman–Crippen LogP) is 1.21. The fourth-order valence-corrected chi connectivity index (χ4v) is 1.25. The van der Waals surface area contributed by atoms with Crippen LogP contribution in [0.15, 0.2) is 30.9 Å². The van der Waals surface area contributed by atoms with E-state index in [2.05, 4.69) is 20.3 Å². The van der Waals surface area contributed by atoms with Gasteiger partial charge in [-0.25, -0.2) is 9.97 Å². The number of nitrogens with one attached hydrogen (secondary N) is 1. The Balaban J connectivity index is 2.31. The van der Waals surface area contributed by atoms with E-state index in [4.69, 9.17) is 10.5 Å². The van der Waals surface area contributed by atoms with Gasteiger partial charge < -0.3 is 15.8 Å². The lowest BCUT2D eigenvalue weighted by atomic mass is 10.4. The molecular formula is C10H11N5O. The van der Waals surface area contributed by atoms with Gasteiger partial charge in [-0.3, -0.25) is 4.98 Å². The van der Waals surface area contributed by atoms with E-state index in [1.807, 2.05) is 12.1 Å². The van der Waals surface area contributed by atoms with Gasteiger partial charge in [-0.1, -0.05) is 0 Å². The lowest BCUT2D eigenvalue weighted by Gasteiger charge is -2.10. The molecule has 0 bridgehead atoms. The zero-order valence-electron chi connectivity index (χ0n) is 8.71. The first-order valence-corrected chi connectivity index (χ1v) is 4.63. The average molecular weight is 217 g/mol. The van der Waals surface area contributed by atoms with E-state index in [0.29, 0.717) is 17.4 Å². The molecule has 0 radical (unpaired) electrons. The summed E-state index contributed by atoms with van der Waals surface area (Å²) in [4.78, 5) is 11.8. The summed E-state index contributed by atoms with van der Waals surface area (Å²) in [6.07, 6.45) is 4.74.